The van der Waals surface area contributed by atoms with E-state index in [1.807, 2.05) is 97.0 Å². The van der Waals surface area contributed by atoms with Crippen LogP contribution in [0.25, 0.3) is 0 Å². The van der Waals surface area contributed by atoms with Crippen molar-refractivity contribution in [2.75, 3.05) is 58.3 Å². The molecule has 4 aromatic carbocycles. The minimum absolute atomic E-state index is 0.0716. The van der Waals surface area contributed by atoms with Crippen molar-refractivity contribution in [2.45, 2.75) is 113 Å². The minimum Gasteiger partial charge on any atom is -0.496 e. The number of esters is 4. The zero-order valence-corrected chi connectivity index (χ0v) is 41.5. The molecule has 2 atom stereocenters. The molecule has 2 N–H and O–H groups in total. The number of anilines is 2. The molecule has 0 bridgehead atoms. The Bertz CT molecular complexity index is 2390. The van der Waals surface area contributed by atoms with Gasteiger partial charge in [-0.25, -0.2) is 0 Å². The molecule has 2 aliphatic carbocycles. The van der Waals surface area contributed by atoms with Crippen LogP contribution in [0.4, 0.5) is 11.4 Å². The van der Waals surface area contributed by atoms with Crippen molar-refractivity contribution < 1.29 is 52.3 Å². The molecule has 0 aliphatic heterocycles. The third-order valence-corrected chi connectivity index (χ3v) is 11.9. The molecule has 0 amide bonds. The lowest BCUT2D eigenvalue weighted by atomic mass is 9.79. The molecule has 362 valence electrons. The van der Waals surface area contributed by atoms with E-state index in [9.17, 15) is 19.2 Å². The summed E-state index contributed by atoms with van der Waals surface area (Å²) in [6.07, 6.45) is 5.32. The molecular weight excluding hydrogens is 853 g/mol. The molecule has 13 nitrogen and oxygen atoms in total. The number of benzene rings is 4. The topological polar surface area (TPSA) is 157 Å². The number of hydrogen-bond acceptors (Lipinski definition) is 13. The number of methoxy groups -OCH3 is 3. The van der Waals surface area contributed by atoms with Gasteiger partial charge in [0.15, 0.2) is 11.5 Å². The smallest absolute Gasteiger partial charge is 0.325 e. The first kappa shape index (κ1) is 51.7. The summed E-state index contributed by atoms with van der Waals surface area (Å²) in [6, 6.07) is 19.8. The first-order valence-electron chi connectivity index (χ1n) is 23.2. The summed E-state index contributed by atoms with van der Waals surface area (Å²) in [4.78, 5) is 48.3. The number of ether oxygens (including phenoxy) is 7. The van der Waals surface area contributed by atoms with E-state index >= 15 is 0 Å². The summed E-state index contributed by atoms with van der Waals surface area (Å²) in [7, 11) is 4.86. The largest absolute Gasteiger partial charge is 0.496 e. The average molecular weight is 923 g/mol. The highest BCUT2D eigenvalue weighted by molar-refractivity contribution is 5.79. The summed E-state index contributed by atoms with van der Waals surface area (Å²) >= 11 is 0. The summed E-state index contributed by atoms with van der Waals surface area (Å²) in [6.45, 7) is 17.6. The van der Waals surface area contributed by atoms with Gasteiger partial charge in [0.25, 0.3) is 0 Å². The van der Waals surface area contributed by atoms with Gasteiger partial charge < -0.3 is 43.8 Å². The Kier molecular flexibility index (Phi) is 17.7. The second kappa shape index (κ2) is 23.0. The van der Waals surface area contributed by atoms with Crippen LogP contribution in [0.5, 0.6) is 28.7 Å². The molecule has 67 heavy (non-hydrogen) atoms. The summed E-state index contributed by atoms with van der Waals surface area (Å²) in [5, 5.41) is 6.48. The van der Waals surface area contributed by atoms with Crippen LogP contribution >= 0.6 is 0 Å². The van der Waals surface area contributed by atoms with Crippen molar-refractivity contribution in [2.24, 2.45) is 10.8 Å². The van der Waals surface area contributed by atoms with E-state index in [0.29, 0.717) is 42.1 Å². The Morgan fingerprint density at radius 3 is 1.36 bits per heavy atom. The maximum atomic E-state index is 12.3. The lowest BCUT2D eigenvalue weighted by Crippen LogP contribution is -2.25. The fourth-order valence-electron chi connectivity index (χ4n) is 8.21. The SMILES string of the molecule is CCOC(=O)CNc1cc(OC)c(C)cc1[C@@H]1CCc2cc(OC(=O)C(C)(C)C)ccc2C1.CCOC(=O)CNc1cc(OC)c(OC)cc1[C@H]1CCc2cc(OC(=O)C(C)(C)C)ccc2C1. The molecule has 0 unspecified atom stereocenters. The Balaban J connectivity index is 0.000000251. The van der Waals surface area contributed by atoms with E-state index in [1.165, 1.54) is 27.8 Å². The highest BCUT2D eigenvalue weighted by atomic mass is 16.5. The molecule has 0 radical (unpaired) electrons. The first-order chi connectivity index (χ1) is 31.8. The van der Waals surface area contributed by atoms with Crippen LogP contribution < -0.4 is 34.3 Å². The molecule has 0 heterocycles. The van der Waals surface area contributed by atoms with E-state index in [0.717, 1.165) is 66.8 Å². The van der Waals surface area contributed by atoms with Gasteiger partial charge in [-0.05, 0) is 182 Å². The van der Waals surface area contributed by atoms with Gasteiger partial charge in [0.2, 0.25) is 0 Å². The monoisotopic (exact) mass is 922 g/mol. The van der Waals surface area contributed by atoms with Gasteiger partial charge in [0.1, 0.15) is 30.3 Å². The van der Waals surface area contributed by atoms with E-state index in [-0.39, 0.29) is 42.9 Å². The summed E-state index contributed by atoms with van der Waals surface area (Å²) in [5.74, 6) is 2.66. The van der Waals surface area contributed by atoms with Gasteiger partial charge in [-0.15, -0.1) is 0 Å². The number of carbonyl (C=O) groups excluding carboxylic acids is 4. The third kappa shape index (κ3) is 13.9. The Morgan fingerprint density at radius 2 is 0.955 bits per heavy atom. The van der Waals surface area contributed by atoms with E-state index in [1.54, 1.807) is 35.2 Å². The number of fused-ring (bicyclic) bond motifs is 2. The second-order valence-electron chi connectivity index (χ2n) is 19.0. The third-order valence-electron chi connectivity index (χ3n) is 11.9. The predicted molar refractivity (Wildman–Crippen MR) is 260 cm³/mol. The number of rotatable bonds is 15. The van der Waals surface area contributed by atoms with E-state index in [4.69, 9.17) is 33.2 Å². The van der Waals surface area contributed by atoms with E-state index < -0.39 is 10.8 Å². The van der Waals surface area contributed by atoms with Gasteiger partial charge >= 0.3 is 23.9 Å². The molecule has 4 aromatic rings. The molecule has 6 rings (SSSR count). The van der Waals surface area contributed by atoms with Gasteiger partial charge in [-0.1, -0.05) is 18.2 Å². The van der Waals surface area contributed by atoms with Gasteiger partial charge in [-0.3, -0.25) is 19.2 Å². The molecule has 0 saturated carbocycles. The maximum Gasteiger partial charge on any atom is 0.325 e. The number of aryl methyl sites for hydroxylation is 3. The van der Waals surface area contributed by atoms with Crippen LogP contribution in [0.1, 0.15) is 119 Å². The molecular formula is C54H70N2O11. The van der Waals surface area contributed by atoms with Gasteiger partial charge in [0.05, 0.1) is 45.4 Å². The fraction of sp³-hybridized carbons (Fsp3) is 0.481. The summed E-state index contributed by atoms with van der Waals surface area (Å²) < 4.78 is 37.8. The second-order valence-corrected chi connectivity index (χ2v) is 19.0. The quantitative estimate of drug-likeness (QED) is 0.0859. The predicted octanol–water partition coefficient (Wildman–Crippen LogP) is 10.1. The normalized spacial score (nSPS) is 15.3. The zero-order valence-electron chi connectivity index (χ0n) is 41.5. The Hall–Kier alpha value is -6.24. The lowest BCUT2D eigenvalue weighted by molar-refractivity contribution is -0.143. The van der Waals surface area contributed by atoms with Crippen LogP contribution in [-0.2, 0) is 54.3 Å². The molecule has 0 aromatic heterocycles. The van der Waals surface area contributed by atoms with Crippen molar-refractivity contribution in [3.05, 3.63) is 99.6 Å². The number of carbonyl (C=O) groups is 4. The van der Waals surface area contributed by atoms with Crippen molar-refractivity contribution in [1.29, 1.82) is 0 Å². The standard InChI is InChI=1S/C27H35NO6.C27H35NO5/c1-7-33-25(29)16-28-22-15-24(32-6)23(31-5)14-21(22)19-9-8-18-13-20(11-10-17(18)12-19)34-26(30)27(2,3)4;1-7-32-25(29)16-28-23-15-24(31-6)17(2)12-22(23)20-9-8-19-14-21(11-10-18(19)13-20)33-26(30)27(3,4)5/h10-11,13-15,19,28H,7-9,12,16H2,1-6H3;10-12,14-15,20,28H,7-9,13,16H2,1-6H3/t19-;20-/m01/s1. The minimum atomic E-state index is -0.554. The molecule has 0 spiro atoms. The zero-order chi connectivity index (χ0) is 49.1. The lowest BCUT2D eigenvalue weighted by Gasteiger charge is -2.28. The van der Waals surface area contributed by atoms with Crippen LogP contribution in [0.3, 0.4) is 0 Å². The average Bonchev–Trinajstić information content (AvgIpc) is 3.29. The van der Waals surface area contributed by atoms with Crippen LogP contribution in [0.15, 0.2) is 60.7 Å². The van der Waals surface area contributed by atoms with Crippen molar-refractivity contribution in [3.8, 4) is 28.7 Å². The van der Waals surface area contributed by atoms with Crippen molar-refractivity contribution in [1.82, 2.24) is 0 Å². The Morgan fingerprint density at radius 1 is 0.552 bits per heavy atom. The molecule has 0 saturated heterocycles. The van der Waals surface area contributed by atoms with Gasteiger partial charge in [-0.2, -0.15) is 0 Å². The van der Waals surface area contributed by atoms with Gasteiger partial charge in [0, 0.05) is 23.5 Å². The van der Waals surface area contributed by atoms with Crippen LogP contribution in [0, 0.1) is 17.8 Å². The van der Waals surface area contributed by atoms with Crippen LogP contribution in [0.2, 0.25) is 0 Å². The summed E-state index contributed by atoms with van der Waals surface area (Å²) in [5.41, 5.74) is 8.82. The van der Waals surface area contributed by atoms with E-state index in [2.05, 4.69) is 22.8 Å². The molecule has 2 aliphatic rings. The van der Waals surface area contributed by atoms with Crippen molar-refractivity contribution in [3.63, 3.8) is 0 Å². The maximum absolute atomic E-state index is 12.3. The Labute approximate surface area is 396 Å². The number of nitrogens with one attached hydrogen (secondary N) is 2. The van der Waals surface area contributed by atoms with Crippen LogP contribution in [-0.4, -0.2) is 71.5 Å². The highest BCUT2D eigenvalue weighted by Crippen LogP contribution is 2.43. The molecule has 13 heteroatoms. The highest BCUT2D eigenvalue weighted by Gasteiger charge is 2.29. The fourth-order valence-corrected chi connectivity index (χ4v) is 8.21. The first-order valence-corrected chi connectivity index (χ1v) is 23.2. The van der Waals surface area contributed by atoms with Crippen molar-refractivity contribution >= 4 is 35.3 Å². The molecule has 0 fully saturated rings. The number of hydrogen-bond donors (Lipinski definition) is 2.